The monoisotopic (exact) mass is 130 g/mol. The molecule has 0 unspecified atom stereocenters. The average molecular weight is 130 g/mol. The van der Waals surface area contributed by atoms with E-state index in [1.54, 1.807) is 20.8 Å². The molecule has 0 bridgehead atoms. The van der Waals surface area contributed by atoms with E-state index < -0.39 is 5.60 Å². The Morgan fingerprint density at radius 1 is 1.43 bits per heavy atom. The second kappa shape index (κ2) is 4.44. The van der Waals surface area contributed by atoms with Gasteiger partial charge in [-0.2, -0.15) is 0 Å². The Morgan fingerprint density at radius 2 is 1.57 bits per heavy atom. The molecule has 0 radical (unpaired) electrons. The van der Waals surface area contributed by atoms with E-state index in [-0.39, 0.29) is 52.8 Å². The Morgan fingerprint density at radius 3 is 1.57 bits per heavy atom. The molecule has 0 aromatic rings. The van der Waals surface area contributed by atoms with E-state index in [0.29, 0.717) is 0 Å². The topological polar surface area (TPSA) is 29.5 Å². The van der Waals surface area contributed by atoms with Crippen LogP contribution >= 0.6 is 0 Å². The Labute approximate surface area is 88.1 Å². The third-order valence-corrected chi connectivity index (χ3v) is 0.274. The van der Waals surface area contributed by atoms with Crippen LogP contribution in [0.15, 0.2) is 0 Å². The standard InChI is InChI=1S/C4H10O2.K.H/c1-4(2,3)6-5;;/h5H,1-3H3;;/q;+1;-1. The Kier molecular flexibility index (Phi) is 7.20. The van der Waals surface area contributed by atoms with Crippen molar-refractivity contribution in [2.24, 2.45) is 0 Å². The van der Waals surface area contributed by atoms with Gasteiger partial charge in [0.05, 0.1) is 5.60 Å². The molecule has 0 amide bonds. The zero-order chi connectivity index (χ0) is 5.21. The van der Waals surface area contributed by atoms with Gasteiger partial charge in [-0.1, -0.05) is 0 Å². The first kappa shape index (κ1) is 11.4. The Hall–Kier alpha value is 1.56. The summed E-state index contributed by atoms with van der Waals surface area (Å²) in [5, 5.41) is 7.90. The SMILES string of the molecule is CC(C)(C)OO.[H-].[K+]. The van der Waals surface area contributed by atoms with Crippen LogP contribution in [-0.4, -0.2) is 10.9 Å². The van der Waals surface area contributed by atoms with Crippen LogP contribution in [-0.2, 0) is 4.89 Å². The molecule has 0 heterocycles. The Balaban J connectivity index is -0.000000125. The number of hydrogen-bond donors (Lipinski definition) is 1. The van der Waals surface area contributed by atoms with Gasteiger partial charge in [0.2, 0.25) is 0 Å². The third-order valence-electron chi connectivity index (χ3n) is 0.274. The normalized spacial score (nSPS) is 10.3. The van der Waals surface area contributed by atoms with E-state index in [0.717, 1.165) is 0 Å². The molecule has 0 aliphatic heterocycles. The summed E-state index contributed by atoms with van der Waals surface area (Å²) in [6.45, 7) is 5.31. The second-order valence-corrected chi connectivity index (χ2v) is 2.20. The van der Waals surface area contributed by atoms with Crippen LogP contribution in [0, 0.1) is 0 Å². The molecule has 1 N–H and O–H groups in total. The van der Waals surface area contributed by atoms with Crippen LogP contribution in [0.5, 0.6) is 0 Å². The molecule has 0 aliphatic rings. The smallest absolute Gasteiger partial charge is 1.00 e. The molecule has 0 aliphatic carbocycles. The van der Waals surface area contributed by atoms with Crippen molar-refractivity contribution in [1.82, 2.24) is 0 Å². The maximum atomic E-state index is 7.90. The van der Waals surface area contributed by atoms with Crippen molar-refractivity contribution in [2.75, 3.05) is 0 Å². The first-order valence-corrected chi connectivity index (χ1v) is 1.89. The minimum Gasteiger partial charge on any atom is -1.00 e. The summed E-state index contributed by atoms with van der Waals surface area (Å²) in [7, 11) is 0. The average Bonchev–Trinajstić information content (AvgIpc) is 1.35. The van der Waals surface area contributed by atoms with E-state index in [1.807, 2.05) is 0 Å². The molecule has 40 valence electrons. The second-order valence-electron chi connectivity index (χ2n) is 2.20. The molecule has 0 aromatic heterocycles. The largest absolute Gasteiger partial charge is 1.00 e. The maximum absolute atomic E-state index is 7.90. The number of rotatable bonds is 0. The van der Waals surface area contributed by atoms with Gasteiger partial charge in [-0.05, 0) is 20.8 Å². The van der Waals surface area contributed by atoms with Crippen molar-refractivity contribution in [3.05, 3.63) is 0 Å². The van der Waals surface area contributed by atoms with Crippen LogP contribution < -0.4 is 51.4 Å². The molecule has 7 heavy (non-hydrogen) atoms. The van der Waals surface area contributed by atoms with Gasteiger partial charge in [-0.15, -0.1) is 0 Å². The molecule has 0 atom stereocenters. The zero-order valence-corrected chi connectivity index (χ0v) is 8.48. The van der Waals surface area contributed by atoms with Crippen LogP contribution in [0.2, 0.25) is 0 Å². The van der Waals surface area contributed by atoms with Crippen molar-refractivity contribution in [1.29, 1.82) is 0 Å². The van der Waals surface area contributed by atoms with Crippen molar-refractivity contribution in [3.8, 4) is 0 Å². The fourth-order valence-corrected chi connectivity index (χ4v) is 0. The minimum absolute atomic E-state index is 0. The molecule has 0 spiro atoms. The van der Waals surface area contributed by atoms with Gasteiger partial charge in [-0.3, -0.25) is 5.26 Å². The van der Waals surface area contributed by atoms with Crippen LogP contribution in [0.25, 0.3) is 0 Å². The van der Waals surface area contributed by atoms with E-state index in [9.17, 15) is 0 Å². The summed E-state index contributed by atoms with van der Waals surface area (Å²) in [6, 6.07) is 0. The maximum Gasteiger partial charge on any atom is 1.00 e. The van der Waals surface area contributed by atoms with Gasteiger partial charge in [0.15, 0.2) is 0 Å². The van der Waals surface area contributed by atoms with E-state index in [2.05, 4.69) is 4.89 Å². The zero-order valence-electron chi connectivity index (χ0n) is 6.36. The molecule has 0 rings (SSSR count). The summed E-state index contributed by atoms with van der Waals surface area (Å²) in [4.78, 5) is 3.94. The summed E-state index contributed by atoms with van der Waals surface area (Å²) in [6.07, 6.45) is 0. The van der Waals surface area contributed by atoms with Crippen LogP contribution in [0.1, 0.15) is 22.2 Å². The van der Waals surface area contributed by atoms with Crippen LogP contribution in [0.3, 0.4) is 0 Å². The summed E-state index contributed by atoms with van der Waals surface area (Å²) >= 11 is 0. The molecule has 0 saturated carbocycles. The van der Waals surface area contributed by atoms with E-state index in [4.69, 9.17) is 5.26 Å². The van der Waals surface area contributed by atoms with Gasteiger partial charge in [0, 0.05) is 0 Å². The van der Waals surface area contributed by atoms with E-state index >= 15 is 0 Å². The van der Waals surface area contributed by atoms with E-state index in [1.165, 1.54) is 0 Å². The molecule has 0 fully saturated rings. The predicted molar refractivity (Wildman–Crippen MR) is 24.6 cm³/mol. The molecule has 3 heteroatoms. The first-order valence-electron chi connectivity index (χ1n) is 1.89. The predicted octanol–water partition coefficient (Wildman–Crippen LogP) is -1.61. The van der Waals surface area contributed by atoms with Crippen molar-refractivity contribution < 1.29 is 63.0 Å². The first-order chi connectivity index (χ1) is 2.56. The van der Waals surface area contributed by atoms with Crippen molar-refractivity contribution in [2.45, 2.75) is 26.4 Å². The summed E-state index contributed by atoms with van der Waals surface area (Å²) in [5.41, 5.74) is -0.403. The molecule has 2 nitrogen and oxygen atoms in total. The third kappa shape index (κ3) is 11.2. The molecular formula is C4H11KO2. The molecule has 0 aromatic carbocycles. The van der Waals surface area contributed by atoms with Gasteiger partial charge < -0.3 is 1.43 Å². The fraction of sp³-hybridized carbons (Fsp3) is 1.00. The van der Waals surface area contributed by atoms with Gasteiger partial charge in [0.1, 0.15) is 0 Å². The van der Waals surface area contributed by atoms with Gasteiger partial charge in [0.25, 0.3) is 0 Å². The Bertz CT molecular complexity index is 43.8. The van der Waals surface area contributed by atoms with Gasteiger partial charge >= 0.3 is 51.4 Å². The van der Waals surface area contributed by atoms with Crippen molar-refractivity contribution in [3.63, 3.8) is 0 Å². The molecular weight excluding hydrogens is 119 g/mol. The van der Waals surface area contributed by atoms with Gasteiger partial charge in [-0.25, -0.2) is 4.89 Å². The number of hydrogen-bond acceptors (Lipinski definition) is 2. The fourth-order valence-electron chi connectivity index (χ4n) is 0. The molecule has 0 saturated heterocycles. The quantitative estimate of drug-likeness (QED) is 0.243. The van der Waals surface area contributed by atoms with Crippen LogP contribution in [0.4, 0.5) is 0 Å². The van der Waals surface area contributed by atoms with Crippen molar-refractivity contribution >= 4 is 0 Å². The summed E-state index contributed by atoms with van der Waals surface area (Å²) in [5.74, 6) is 0. The summed E-state index contributed by atoms with van der Waals surface area (Å²) < 4.78 is 0. The minimum atomic E-state index is -0.403.